The summed E-state index contributed by atoms with van der Waals surface area (Å²) in [6.07, 6.45) is 3.60. The van der Waals surface area contributed by atoms with Crippen LogP contribution in [0, 0.1) is 5.92 Å². The van der Waals surface area contributed by atoms with Gasteiger partial charge in [-0.25, -0.2) is 0 Å². The molecule has 0 aromatic heterocycles. The molecule has 1 aliphatic heterocycles. The van der Waals surface area contributed by atoms with Gasteiger partial charge in [-0.05, 0) is 61.4 Å². The van der Waals surface area contributed by atoms with E-state index in [4.69, 9.17) is 4.74 Å². The predicted octanol–water partition coefficient (Wildman–Crippen LogP) is 5.17. The Morgan fingerprint density at radius 3 is 2.42 bits per heavy atom. The average molecular weight is 317 g/mol. The molecular weight excluding hydrogens is 294 g/mol. The van der Waals surface area contributed by atoms with Crippen LogP contribution in [0.1, 0.15) is 18.4 Å². The van der Waals surface area contributed by atoms with Crippen molar-refractivity contribution in [3.8, 4) is 11.5 Å². The van der Waals surface area contributed by atoms with Gasteiger partial charge in [-0.2, -0.15) is 0 Å². The first-order valence-electron chi connectivity index (χ1n) is 8.84. The van der Waals surface area contributed by atoms with Gasteiger partial charge in [0.05, 0.1) is 0 Å². The lowest BCUT2D eigenvalue weighted by atomic mass is 9.90. The van der Waals surface area contributed by atoms with Gasteiger partial charge in [0.1, 0.15) is 11.5 Å². The summed E-state index contributed by atoms with van der Waals surface area (Å²) in [5, 5.41) is 5.82. The van der Waals surface area contributed by atoms with Crippen molar-refractivity contribution < 1.29 is 4.74 Å². The van der Waals surface area contributed by atoms with Crippen molar-refractivity contribution in [1.82, 2.24) is 5.32 Å². The Labute approximate surface area is 143 Å². The topological polar surface area (TPSA) is 21.3 Å². The lowest BCUT2D eigenvalue weighted by Gasteiger charge is -2.23. The molecule has 1 N–H and O–H groups in total. The Hall–Kier alpha value is -2.32. The standard InChI is InChI=1S/C22H23NO/c1-3-9-20-18(6-1)8-5-11-22(20)24-21-10-4-2-7-19(21)16-17-12-14-23-15-13-17/h1-11,17,23H,12-16H2. The molecule has 4 rings (SSSR count). The third-order valence-corrected chi connectivity index (χ3v) is 4.91. The first-order chi connectivity index (χ1) is 11.9. The molecule has 0 radical (unpaired) electrons. The maximum atomic E-state index is 6.35. The third kappa shape index (κ3) is 3.29. The molecule has 3 aromatic rings. The molecule has 122 valence electrons. The molecule has 1 heterocycles. The van der Waals surface area contributed by atoms with Crippen LogP contribution in [0.2, 0.25) is 0 Å². The first kappa shape index (κ1) is 15.2. The van der Waals surface area contributed by atoms with Gasteiger partial charge < -0.3 is 10.1 Å². The van der Waals surface area contributed by atoms with Crippen LogP contribution in [-0.4, -0.2) is 13.1 Å². The number of piperidine rings is 1. The van der Waals surface area contributed by atoms with Crippen LogP contribution in [0.25, 0.3) is 10.8 Å². The summed E-state index contributed by atoms with van der Waals surface area (Å²) in [5.74, 6) is 2.68. The summed E-state index contributed by atoms with van der Waals surface area (Å²) in [6.45, 7) is 2.27. The smallest absolute Gasteiger partial charge is 0.135 e. The minimum atomic E-state index is 0.753. The summed E-state index contributed by atoms with van der Waals surface area (Å²) in [7, 11) is 0. The van der Waals surface area contributed by atoms with Crippen LogP contribution in [0.15, 0.2) is 66.7 Å². The van der Waals surface area contributed by atoms with E-state index in [1.54, 1.807) is 0 Å². The van der Waals surface area contributed by atoms with Gasteiger partial charge in [0, 0.05) is 5.39 Å². The summed E-state index contributed by atoms with van der Waals surface area (Å²) in [6, 6.07) is 23.1. The second kappa shape index (κ2) is 7.06. The number of hydrogen-bond acceptors (Lipinski definition) is 2. The van der Waals surface area contributed by atoms with E-state index in [0.29, 0.717) is 0 Å². The molecular formula is C22H23NO. The van der Waals surface area contributed by atoms with E-state index in [1.165, 1.54) is 23.8 Å². The monoisotopic (exact) mass is 317 g/mol. The maximum Gasteiger partial charge on any atom is 0.135 e. The fourth-order valence-electron chi connectivity index (χ4n) is 3.57. The van der Waals surface area contributed by atoms with Crippen molar-refractivity contribution >= 4 is 10.8 Å². The fourth-order valence-corrected chi connectivity index (χ4v) is 3.57. The largest absolute Gasteiger partial charge is 0.456 e. The van der Waals surface area contributed by atoms with Crippen molar-refractivity contribution in [2.75, 3.05) is 13.1 Å². The Balaban J connectivity index is 1.62. The minimum Gasteiger partial charge on any atom is -0.456 e. The molecule has 0 amide bonds. The normalized spacial score (nSPS) is 15.5. The molecule has 0 bridgehead atoms. The third-order valence-electron chi connectivity index (χ3n) is 4.91. The zero-order valence-electron chi connectivity index (χ0n) is 13.9. The van der Waals surface area contributed by atoms with Crippen LogP contribution >= 0.6 is 0 Å². The van der Waals surface area contributed by atoms with Gasteiger partial charge in [-0.1, -0.05) is 54.6 Å². The van der Waals surface area contributed by atoms with Crippen LogP contribution < -0.4 is 10.1 Å². The Morgan fingerprint density at radius 2 is 1.50 bits per heavy atom. The molecule has 1 saturated heterocycles. The lowest BCUT2D eigenvalue weighted by molar-refractivity contribution is 0.368. The fraction of sp³-hybridized carbons (Fsp3) is 0.273. The van der Waals surface area contributed by atoms with Crippen LogP contribution in [0.5, 0.6) is 11.5 Å². The molecule has 0 unspecified atom stereocenters. The molecule has 1 fully saturated rings. The van der Waals surface area contributed by atoms with Gasteiger partial charge in [0.15, 0.2) is 0 Å². The predicted molar refractivity (Wildman–Crippen MR) is 99.8 cm³/mol. The first-order valence-corrected chi connectivity index (χ1v) is 8.84. The zero-order chi connectivity index (χ0) is 16.2. The van der Waals surface area contributed by atoms with E-state index in [1.807, 2.05) is 0 Å². The van der Waals surface area contributed by atoms with Crippen molar-refractivity contribution in [3.63, 3.8) is 0 Å². The molecule has 3 aromatic carbocycles. The number of ether oxygens (including phenoxy) is 1. The van der Waals surface area contributed by atoms with Gasteiger partial charge >= 0.3 is 0 Å². The molecule has 0 aliphatic carbocycles. The van der Waals surface area contributed by atoms with E-state index >= 15 is 0 Å². The van der Waals surface area contributed by atoms with Gasteiger partial charge in [-0.3, -0.25) is 0 Å². The quantitative estimate of drug-likeness (QED) is 0.716. The Morgan fingerprint density at radius 1 is 0.792 bits per heavy atom. The number of fused-ring (bicyclic) bond motifs is 1. The highest BCUT2D eigenvalue weighted by Gasteiger charge is 2.16. The number of nitrogens with one attached hydrogen (secondary N) is 1. The SMILES string of the molecule is c1ccc(Oc2cccc3ccccc23)c(CC2CCNCC2)c1. The van der Waals surface area contributed by atoms with E-state index in [2.05, 4.69) is 72.0 Å². The number of hydrogen-bond donors (Lipinski definition) is 1. The van der Waals surface area contributed by atoms with E-state index in [0.717, 1.165) is 42.3 Å². The highest BCUT2D eigenvalue weighted by Crippen LogP contribution is 2.33. The molecule has 24 heavy (non-hydrogen) atoms. The molecule has 0 spiro atoms. The summed E-state index contributed by atoms with van der Waals surface area (Å²) >= 11 is 0. The van der Waals surface area contributed by atoms with Crippen molar-refractivity contribution in [1.29, 1.82) is 0 Å². The molecule has 2 heteroatoms. The summed E-state index contributed by atoms with van der Waals surface area (Å²) < 4.78 is 6.35. The van der Waals surface area contributed by atoms with Crippen LogP contribution in [0.4, 0.5) is 0 Å². The Kier molecular flexibility index (Phi) is 4.48. The summed E-state index contributed by atoms with van der Waals surface area (Å²) in [5.41, 5.74) is 1.32. The second-order valence-electron chi connectivity index (χ2n) is 6.58. The molecule has 2 nitrogen and oxygen atoms in total. The lowest BCUT2D eigenvalue weighted by Crippen LogP contribution is -2.28. The molecule has 1 aliphatic rings. The summed E-state index contributed by atoms with van der Waals surface area (Å²) in [4.78, 5) is 0. The second-order valence-corrected chi connectivity index (χ2v) is 6.58. The van der Waals surface area contributed by atoms with E-state index in [-0.39, 0.29) is 0 Å². The van der Waals surface area contributed by atoms with Crippen LogP contribution in [-0.2, 0) is 6.42 Å². The highest BCUT2D eigenvalue weighted by molar-refractivity contribution is 5.88. The zero-order valence-corrected chi connectivity index (χ0v) is 13.9. The molecule has 0 saturated carbocycles. The van der Waals surface area contributed by atoms with E-state index in [9.17, 15) is 0 Å². The van der Waals surface area contributed by atoms with Crippen LogP contribution in [0.3, 0.4) is 0 Å². The van der Waals surface area contributed by atoms with Crippen molar-refractivity contribution in [3.05, 3.63) is 72.3 Å². The van der Waals surface area contributed by atoms with E-state index < -0.39 is 0 Å². The Bertz CT molecular complexity index is 816. The number of benzene rings is 3. The highest BCUT2D eigenvalue weighted by atomic mass is 16.5. The van der Waals surface area contributed by atoms with Crippen molar-refractivity contribution in [2.24, 2.45) is 5.92 Å². The number of rotatable bonds is 4. The van der Waals surface area contributed by atoms with Gasteiger partial charge in [0.25, 0.3) is 0 Å². The number of para-hydroxylation sites is 1. The minimum absolute atomic E-state index is 0.753. The van der Waals surface area contributed by atoms with Gasteiger partial charge in [0.2, 0.25) is 0 Å². The maximum absolute atomic E-state index is 6.35. The van der Waals surface area contributed by atoms with Crippen molar-refractivity contribution in [2.45, 2.75) is 19.3 Å². The van der Waals surface area contributed by atoms with Gasteiger partial charge in [-0.15, -0.1) is 0 Å². The average Bonchev–Trinajstić information content (AvgIpc) is 2.64. The molecule has 0 atom stereocenters.